The summed E-state index contributed by atoms with van der Waals surface area (Å²) >= 11 is 6.01. The van der Waals surface area contributed by atoms with E-state index in [0.29, 0.717) is 12.6 Å². The van der Waals surface area contributed by atoms with E-state index in [0.717, 1.165) is 24.5 Å². The van der Waals surface area contributed by atoms with Gasteiger partial charge in [-0.15, -0.1) is 0 Å². The van der Waals surface area contributed by atoms with Crippen molar-refractivity contribution in [2.45, 2.75) is 25.9 Å². The maximum Gasteiger partial charge on any atom is 0.0477 e. The molecule has 2 N–H and O–H groups in total. The van der Waals surface area contributed by atoms with Crippen molar-refractivity contribution in [3.05, 3.63) is 34.3 Å². The Morgan fingerprint density at radius 2 is 2.33 bits per heavy atom. The molecule has 0 saturated carbocycles. The Kier molecular flexibility index (Phi) is 3.29. The first-order valence-electron chi connectivity index (χ1n) is 5.48. The maximum absolute atomic E-state index is 6.01. The zero-order valence-electron chi connectivity index (χ0n) is 9.04. The first kappa shape index (κ1) is 10.9. The van der Waals surface area contributed by atoms with Crippen LogP contribution in [0.3, 0.4) is 0 Å². The molecule has 3 heteroatoms. The van der Waals surface area contributed by atoms with E-state index in [1.165, 1.54) is 11.1 Å². The van der Waals surface area contributed by atoms with Crippen LogP contribution in [-0.2, 0) is 6.54 Å². The zero-order chi connectivity index (χ0) is 10.8. The number of benzene rings is 1. The lowest BCUT2D eigenvalue weighted by atomic mass is 10.1. The van der Waals surface area contributed by atoms with Crippen molar-refractivity contribution in [2.24, 2.45) is 5.73 Å². The fourth-order valence-corrected chi connectivity index (χ4v) is 2.52. The van der Waals surface area contributed by atoms with Gasteiger partial charge in [0.25, 0.3) is 0 Å². The van der Waals surface area contributed by atoms with Crippen molar-refractivity contribution >= 4 is 11.6 Å². The molecule has 1 aliphatic rings. The lowest BCUT2D eigenvalue weighted by Gasteiger charge is -2.22. The fourth-order valence-electron chi connectivity index (χ4n) is 2.34. The Morgan fingerprint density at radius 1 is 1.53 bits per heavy atom. The number of rotatable bonds is 3. The van der Waals surface area contributed by atoms with Crippen LogP contribution < -0.4 is 5.73 Å². The van der Waals surface area contributed by atoms with Gasteiger partial charge in [-0.2, -0.15) is 0 Å². The third kappa shape index (κ3) is 2.03. The summed E-state index contributed by atoms with van der Waals surface area (Å²) < 4.78 is 0. The Balaban J connectivity index is 2.29. The Morgan fingerprint density at radius 3 is 3.00 bits per heavy atom. The summed E-state index contributed by atoms with van der Waals surface area (Å²) in [4.78, 5) is 2.43. The van der Waals surface area contributed by atoms with Gasteiger partial charge in [-0.05, 0) is 36.2 Å². The largest absolute Gasteiger partial charge is 0.329 e. The van der Waals surface area contributed by atoms with Crippen molar-refractivity contribution in [3.8, 4) is 0 Å². The lowest BCUT2D eigenvalue weighted by Crippen LogP contribution is -2.28. The Labute approximate surface area is 96.0 Å². The van der Waals surface area contributed by atoms with Gasteiger partial charge in [-0.25, -0.2) is 0 Å². The molecule has 0 bridgehead atoms. The summed E-state index contributed by atoms with van der Waals surface area (Å²) in [7, 11) is 0. The number of hydrogen-bond donors (Lipinski definition) is 1. The molecule has 0 saturated heterocycles. The molecule has 0 fully saturated rings. The summed E-state index contributed by atoms with van der Waals surface area (Å²) in [6.07, 6.45) is 1.16. The molecule has 82 valence electrons. The predicted molar refractivity (Wildman–Crippen MR) is 63.9 cm³/mol. The molecule has 1 aromatic carbocycles. The van der Waals surface area contributed by atoms with Crippen LogP contribution in [0.5, 0.6) is 0 Å². The molecule has 15 heavy (non-hydrogen) atoms. The summed E-state index contributed by atoms with van der Waals surface area (Å²) in [6.45, 7) is 4.99. The first-order chi connectivity index (χ1) is 7.26. The zero-order valence-corrected chi connectivity index (χ0v) is 9.80. The first-order valence-corrected chi connectivity index (χ1v) is 5.86. The second kappa shape index (κ2) is 4.52. The highest BCUT2D eigenvalue weighted by atomic mass is 35.5. The van der Waals surface area contributed by atoms with Crippen molar-refractivity contribution in [2.75, 3.05) is 13.1 Å². The molecular weight excluding hydrogens is 208 g/mol. The number of halogens is 1. The summed E-state index contributed by atoms with van der Waals surface area (Å²) in [5.41, 5.74) is 8.53. The van der Waals surface area contributed by atoms with Gasteiger partial charge in [0, 0.05) is 24.2 Å². The SMILES string of the molecule is CCCN1Cc2ccc(Cl)cc2C1CN. The highest BCUT2D eigenvalue weighted by molar-refractivity contribution is 6.30. The normalized spacial score (nSPS) is 20.6. The van der Waals surface area contributed by atoms with Crippen molar-refractivity contribution < 1.29 is 0 Å². The van der Waals surface area contributed by atoms with Gasteiger partial charge in [0.2, 0.25) is 0 Å². The second-order valence-corrected chi connectivity index (χ2v) is 4.50. The lowest BCUT2D eigenvalue weighted by molar-refractivity contribution is 0.220. The van der Waals surface area contributed by atoms with Crippen LogP contribution in [0.4, 0.5) is 0 Å². The highest BCUT2D eigenvalue weighted by Crippen LogP contribution is 2.34. The van der Waals surface area contributed by atoms with E-state index in [-0.39, 0.29) is 0 Å². The number of nitrogens with two attached hydrogens (primary N) is 1. The van der Waals surface area contributed by atoms with E-state index in [1.807, 2.05) is 6.07 Å². The van der Waals surface area contributed by atoms with E-state index in [2.05, 4.69) is 24.0 Å². The van der Waals surface area contributed by atoms with Crippen LogP contribution in [0, 0.1) is 0 Å². The molecule has 0 radical (unpaired) electrons. The van der Waals surface area contributed by atoms with Gasteiger partial charge in [0.1, 0.15) is 0 Å². The molecule has 1 unspecified atom stereocenters. The molecule has 1 atom stereocenters. The van der Waals surface area contributed by atoms with Crippen LogP contribution in [0.25, 0.3) is 0 Å². The fraction of sp³-hybridized carbons (Fsp3) is 0.500. The second-order valence-electron chi connectivity index (χ2n) is 4.07. The molecule has 0 spiro atoms. The highest BCUT2D eigenvalue weighted by Gasteiger charge is 2.28. The minimum atomic E-state index is 0.360. The molecule has 0 aromatic heterocycles. The van der Waals surface area contributed by atoms with Crippen LogP contribution in [0.2, 0.25) is 5.02 Å². The van der Waals surface area contributed by atoms with Gasteiger partial charge in [-0.1, -0.05) is 24.6 Å². The van der Waals surface area contributed by atoms with Gasteiger partial charge in [0.15, 0.2) is 0 Å². The minimum Gasteiger partial charge on any atom is -0.329 e. The smallest absolute Gasteiger partial charge is 0.0477 e. The molecule has 0 aliphatic carbocycles. The Hall–Kier alpha value is -0.570. The van der Waals surface area contributed by atoms with Crippen LogP contribution in [0.15, 0.2) is 18.2 Å². The molecule has 1 aliphatic heterocycles. The topological polar surface area (TPSA) is 29.3 Å². The van der Waals surface area contributed by atoms with Gasteiger partial charge in [-0.3, -0.25) is 4.90 Å². The Bertz CT molecular complexity index is 351. The number of fused-ring (bicyclic) bond motifs is 1. The third-order valence-corrected chi connectivity index (χ3v) is 3.25. The van der Waals surface area contributed by atoms with Crippen molar-refractivity contribution in [3.63, 3.8) is 0 Å². The quantitative estimate of drug-likeness (QED) is 0.855. The van der Waals surface area contributed by atoms with Crippen LogP contribution in [0.1, 0.15) is 30.5 Å². The van der Waals surface area contributed by atoms with E-state index in [4.69, 9.17) is 17.3 Å². The number of nitrogens with zero attached hydrogens (tertiary/aromatic N) is 1. The average molecular weight is 225 g/mol. The molecule has 2 rings (SSSR count). The molecule has 1 aromatic rings. The molecule has 2 nitrogen and oxygen atoms in total. The van der Waals surface area contributed by atoms with Crippen LogP contribution >= 0.6 is 11.6 Å². The van der Waals surface area contributed by atoms with Gasteiger partial charge in [0.05, 0.1) is 0 Å². The van der Waals surface area contributed by atoms with Gasteiger partial charge < -0.3 is 5.73 Å². The molecule has 0 amide bonds. The third-order valence-electron chi connectivity index (χ3n) is 3.02. The standard InChI is InChI=1S/C12H17ClN2/c1-2-5-15-8-9-3-4-10(13)6-11(9)12(15)7-14/h3-4,6,12H,2,5,7-8,14H2,1H3. The summed E-state index contributed by atoms with van der Waals surface area (Å²) in [6, 6.07) is 6.50. The van der Waals surface area contributed by atoms with E-state index >= 15 is 0 Å². The van der Waals surface area contributed by atoms with Crippen molar-refractivity contribution in [1.29, 1.82) is 0 Å². The van der Waals surface area contributed by atoms with E-state index in [9.17, 15) is 0 Å². The molecular formula is C12H17ClN2. The average Bonchev–Trinajstić information content (AvgIpc) is 2.55. The summed E-state index contributed by atoms with van der Waals surface area (Å²) in [5, 5.41) is 0.811. The minimum absolute atomic E-state index is 0.360. The number of hydrogen-bond acceptors (Lipinski definition) is 2. The predicted octanol–water partition coefficient (Wildman–Crippen LogP) is 2.57. The van der Waals surface area contributed by atoms with Crippen molar-refractivity contribution in [1.82, 2.24) is 4.90 Å². The molecule has 1 heterocycles. The monoisotopic (exact) mass is 224 g/mol. The summed E-state index contributed by atoms with van der Waals surface area (Å²) in [5.74, 6) is 0. The van der Waals surface area contributed by atoms with E-state index < -0.39 is 0 Å². The van der Waals surface area contributed by atoms with E-state index in [1.54, 1.807) is 0 Å². The van der Waals surface area contributed by atoms with Gasteiger partial charge >= 0.3 is 0 Å². The maximum atomic E-state index is 6.01. The van der Waals surface area contributed by atoms with Crippen LogP contribution in [-0.4, -0.2) is 18.0 Å².